The molecule has 4 unspecified atom stereocenters. The van der Waals surface area contributed by atoms with Crippen molar-refractivity contribution >= 4 is 0 Å². The predicted molar refractivity (Wildman–Crippen MR) is 93.2 cm³/mol. The molecule has 0 spiro atoms. The van der Waals surface area contributed by atoms with Crippen LogP contribution in [0.5, 0.6) is 0 Å². The molecular weight excluding hydrogens is 290 g/mol. The van der Waals surface area contributed by atoms with E-state index in [-0.39, 0.29) is 11.0 Å². The van der Waals surface area contributed by atoms with Crippen molar-refractivity contribution in [3.05, 3.63) is 10.1 Å². The zero-order valence-corrected chi connectivity index (χ0v) is 14.9. The van der Waals surface area contributed by atoms with E-state index >= 15 is 0 Å². The molecule has 0 N–H and O–H groups in total. The van der Waals surface area contributed by atoms with Gasteiger partial charge in [-0.1, -0.05) is 39.0 Å². The number of hydrogen-bond acceptors (Lipinski definition) is 3. The van der Waals surface area contributed by atoms with Crippen molar-refractivity contribution in [2.75, 3.05) is 0 Å². The van der Waals surface area contributed by atoms with E-state index in [0.29, 0.717) is 12.2 Å². The van der Waals surface area contributed by atoms with Crippen LogP contribution in [-0.4, -0.2) is 23.2 Å². The second-order valence-corrected chi connectivity index (χ2v) is 7.64. The van der Waals surface area contributed by atoms with Gasteiger partial charge in [0.2, 0.25) is 6.04 Å². The Morgan fingerprint density at radius 2 is 1.83 bits per heavy atom. The summed E-state index contributed by atoms with van der Waals surface area (Å²) in [5.41, 5.74) is 0. The Morgan fingerprint density at radius 1 is 1.04 bits per heavy atom. The third kappa shape index (κ3) is 6.40. The average molecular weight is 325 g/mol. The minimum Gasteiger partial charge on any atom is -0.375 e. The van der Waals surface area contributed by atoms with E-state index in [4.69, 9.17) is 4.74 Å². The third-order valence-electron chi connectivity index (χ3n) is 5.82. The van der Waals surface area contributed by atoms with Gasteiger partial charge in [0.05, 0.1) is 12.2 Å². The molecule has 0 radical (unpaired) electrons. The molecule has 3 rings (SSSR count). The van der Waals surface area contributed by atoms with E-state index in [1.165, 1.54) is 51.4 Å². The highest BCUT2D eigenvalue weighted by molar-refractivity contribution is 4.83. The molecule has 134 valence electrons. The number of ether oxygens (including phenoxy) is 1. The molecule has 2 heterocycles. The van der Waals surface area contributed by atoms with Crippen LogP contribution >= 0.6 is 0 Å². The van der Waals surface area contributed by atoms with Crippen LogP contribution in [0.25, 0.3) is 0 Å². The Morgan fingerprint density at radius 3 is 2.61 bits per heavy atom. The lowest BCUT2D eigenvalue weighted by Gasteiger charge is -2.33. The van der Waals surface area contributed by atoms with Gasteiger partial charge in [-0.25, -0.2) is 0 Å². The molecule has 1 saturated carbocycles. The van der Waals surface area contributed by atoms with Crippen LogP contribution < -0.4 is 0 Å². The van der Waals surface area contributed by atoms with Crippen LogP contribution in [0, 0.1) is 16.0 Å². The number of rotatable bonds is 11. The van der Waals surface area contributed by atoms with Gasteiger partial charge in [-0.05, 0) is 50.9 Å². The summed E-state index contributed by atoms with van der Waals surface area (Å²) in [4.78, 5) is 11.2. The first-order chi connectivity index (χ1) is 11.2. The highest BCUT2D eigenvalue weighted by atomic mass is 16.6. The van der Waals surface area contributed by atoms with Gasteiger partial charge in [0.25, 0.3) is 0 Å². The molecule has 2 aliphatic heterocycles. The van der Waals surface area contributed by atoms with Crippen molar-refractivity contribution in [1.82, 2.24) is 0 Å². The van der Waals surface area contributed by atoms with Gasteiger partial charge in [-0.15, -0.1) is 0 Å². The summed E-state index contributed by atoms with van der Waals surface area (Å²) in [5.74, 6) is 0.719. The van der Waals surface area contributed by atoms with Gasteiger partial charge in [0, 0.05) is 17.8 Å². The lowest BCUT2D eigenvalue weighted by atomic mass is 9.88. The van der Waals surface area contributed by atoms with E-state index < -0.39 is 0 Å². The van der Waals surface area contributed by atoms with Crippen LogP contribution in [0.1, 0.15) is 96.8 Å². The van der Waals surface area contributed by atoms with Gasteiger partial charge in [-0.2, -0.15) is 0 Å². The largest absolute Gasteiger partial charge is 0.375 e. The first-order valence-electron chi connectivity index (χ1n) is 9.99. The number of unbranched alkanes of at least 4 members (excludes halogenated alkanes) is 4. The van der Waals surface area contributed by atoms with Crippen molar-refractivity contribution in [2.24, 2.45) is 5.92 Å². The van der Waals surface area contributed by atoms with Gasteiger partial charge in [0.15, 0.2) is 0 Å². The molecule has 2 bridgehead atoms. The lowest BCUT2D eigenvalue weighted by Crippen LogP contribution is -2.32. The molecule has 4 nitrogen and oxygen atoms in total. The number of fused-ring (bicyclic) bond motifs is 4. The summed E-state index contributed by atoms with van der Waals surface area (Å²) >= 11 is 0. The maximum absolute atomic E-state index is 11.3. The number of nitro groups is 1. The van der Waals surface area contributed by atoms with Gasteiger partial charge in [-0.3, -0.25) is 10.1 Å². The predicted octanol–water partition coefficient (Wildman–Crippen LogP) is 5.51. The molecule has 0 amide bonds. The summed E-state index contributed by atoms with van der Waals surface area (Å²) in [6.07, 6.45) is 16.6. The van der Waals surface area contributed by atoms with Crippen molar-refractivity contribution in [1.29, 1.82) is 0 Å². The fourth-order valence-corrected chi connectivity index (χ4v) is 4.36. The average Bonchev–Trinajstić information content (AvgIpc) is 2.88. The minimum absolute atomic E-state index is 0.0417. The standard InChI is InChI=1S/C19H35NO3/c1-2-3-4-5-6-10-17(20(21)22)11-8-13-19-16-9-7-12-18(23-19)15-14-16/h16-19H,2-15H2,1H3. The molecule has 0 aromatic rings. The summed E-state index contributed by atoms with van der Waals surface area (Å²) in [6.45, 7) is 2.20. The first-order valence-corrected chi connectivity index (χ1v) is 9.99. The van der Waals surface area contributed by atoms with E-state index in [1.54, 1.807) is 0 Å². The van der Waals surface area contributed by atoms with E-state index in [1.807, 2.05) is 0 Å². The zero-order valence-electron chi connectivity index (χ0n) is 14.9. The Hall–Kier alpha value is -0.640. The van der Waals surface area contributed by atoms with Crippen LogP contribution in [0.15, 0.2) is 0 Å². The quantitative estimate of drug-likeness (QED) is 0.286. The Balaban J connectivity index is 1.64. The van der Waals surface area contributed by atoms with Crippen LogP contribution in [0.4, 0.5) is 0 Å². The molecule has 3 aliphatic rings. The molecule has 4 atom stereocenters. The van der Waals surface area contributed by atoms with Crippen molar-refractivity contribution < 1.29 is 9.66 Å². The first kappa shape index (κ1) is 18.7. The van der Waals surface area contributed by atoms with Crippen molar-refractivity contribution in [3.63, 3.8) is 0 Å². The number of nitrogens with zero attached hydrogens (tertiary/aromatic N) is 1. The smallest absolute Gasteiger partial charge is 0.213 e. The summed E-state index contributed by atoms with van der Waals surface area (Å²) in [5, 5.41) is 11.3. The van der Waals surface area contributed by atoms with Crippen LogP contribution in [0.3, 0.4) is 0 Å². The maximum atomic E-state index is 11.3. The third-order valence-corrected chi connectivity index (χ3v) is 5.82. The molecule has 0 aromatic heterocycles. The van der Waals surface area contributed by atoms with Crippen molar-refractivity contribution in [3.8, 4) is 0 Å². The molecule has 1 aliphatic carbocycles. The molecular formula is C19H35NO3. The Labute approximate surface area is 141 Å². The SMILES string of the molecule is CCCCCCCC(CCCC1OC2CCCC1CC2)[N+](=O)[O-]. The zero-order chi connectivity index (χ0) is 16.5. The highest BCUT2D eigenvalue weighted by Gasteiger charge is 2.33. The normalized spacial score (nSPS) is 28.5. The fraction of sp³-hybridized carbons (Fsp3) is 1.00. The van der Waals surface area contributed by atoms with Gasteiger partial charge < -0.3 is 4.74 Å². The molecule has 4 heteroatoms. The Bertz CT molecular complexity index is 344. The monoisotopic (exact) mass is 325 g/mol. The maximum Gasteiger partial charge on any atom is 0.213 e. The second kappa shape index (κ2) is 10.3. The minimum atomic E-state index is -0.334. The molecule has 23 heavy (non-hydrogen) atoms. The van der Waals surface area contributed by atoms with Gasteiger partial charge in [0.1, 0.15) is 0 Å². The van der Waals surface area contributed by atoms with Gasteiger partial charge >= 0.3 is 0 Å². The molecule has 0 aromatic carbocycles. The molecule has 3 fully saturated rings. The van der Waals surface area contributed by atoms with E-state index in [0.717, 1.165) is 44.4 Å². The molecule has 2 saturated heterocycles. The van der Waals surface area contributed by atoms with Crippen LogP contribution in [-0.2, 0) is 4.74 Å². The van der Waals surface area contributed by atoms with Crippen LogP contribution in [0.2, 0.25) is 0 Å². The van der Waals surface area contributed by atoms with E-state index in [2.05, 4.69) is 6.92 Å². The lowest BCUT2D eigenvalue weighted by molar-refractivity contribution is -0.524. The fourth-order valence-electron chi connectivity index (χ4n) is 4.36. The van der Waals surface area contributed by atoms with Crippen molar-refractivity contribution in [2.45, 2.75) is 115 Å². The summed E-state index contributed by atoms with van der Waals surface area (Å²) in [6, 6.07) is -0.334. The number of hydrogen-bond donors (Lipinski definition) is 0. The summed E-state index contributed by atoms with van der Waals surface area (Å²) < 4.78 is 6.21. The topological polar surface area (TPSA) is 52.4 Å². The highest BCUT2D eigenvalue weighted by Crippen LogP contribution is 2.37. The Kier molecular flexibility index (Phi) is 8.35. The second-order valence-electron chi connectivity index (χ2n) is 7.64. The summed E-state index contributed by atoms with van der Waals surface area (Å²) in [7, 11) is 0. The van der Waals surface area contributed by atoms with E-state index in [9.17, 15) is 10.1 Å².